The van der Waals surface area contributed by atoms with Crippen molar-refractivity contribution in [1.82, 2.24) is 0 Å². The second kappa shape index (κ2) is 6.02. The average Bonchev–Trinajstić information content (AvgIpc) is 2.47. The zero-order valence-electron chi connectivity index (χ0n) is 11.3. The average molecular weight is 260 g/mol. The molecule has 1 saturated carbocycles. The highest BCUT2D eigenvalue weighted by atomic mass is 16.5. The van der Waals surface area contributed by atoms with E-state index in [9.17, 15) is 9.90 Å². The summed E-state index contributed by atoms with van der Waals surface area (Å²) >= 11 is 0. The van der Waals surface area contributed by atoms with Crippen molar-refractivity contribution in [2.75, 3.05) is 13.7 Å². The van der Waals surface area contributed by atoms with Crippen LogP contribution in [0, 0.1) is 5.41 Å². The zero-order chi connectivity index (χ0) is 13.7. The molecule has 1 aliphatic rings. The Labute approximate surface area is 113 Å². The van der Waals surface area contributed by atoms with E-state index in [2.05, 4.69) is 0 Å². The molecule has 1 atom stereocenters. The third-order valence-corrected chi connectivity index (χ3v) is 3.82. The lowest BCUT2D eigenvalue weighted by molar-refractivity contribution is -0.130. The van der Waals surface area contributed by atoms with E-state index >= 15 is 0 Å². The van der Waals surface area contributed by atoms with E-state index in [1.54, 1.807) is 7.11 Å². The quantitative estimate of drug-likeness (QED) is 0.905. The molecule has 1 aromatic rings. The Morgan fingerprint density at radius 3 is 2.63 bits per heavy atom. The summed E-state index contributed by atoms with van der Waals surface area (Å²) in [6, 6.07) is 7.64. The molecule has 0 heterocycles. The van der Waals surface area contributed by atoms with Crippen LogP contribution in [0.3, 0.4) is 0 Å². The van der Waals surface area contributed by atoms with Crippen LogP contribution in [0.25, 0.3) is 6.08 Å². The number of benzene rings is 1. The van der Waals surface area contributed by atoms with Crippen LogP contribution in [0.1, 0.15) is 31.2 Å². The third-order valence-electron chi connectivity index (χ3n) is 3.82. The lowest BCUT2D eigenvalue weighted by atomic mass is 9.73. The Bertz CT molecular complexity index is 461. The Morgan fingerprint density at radius 2 is 2.05 bits per heavy atom. The minimum Gasteiger partial charge on any atom is -0.497 e. The highest BCUT2D eigenvalue weighted by Gasteiger charge is 2.36. The van der Waals surface area contributed by atoms with Crippen LogP contribution in [-0.2, 0) is 4.79 Å². The van der Waals surface area contributed by atoms with Crippen molar-refractivity contribution in [3.8, 4) is 5.75 Å². The van der Waals surface area contributed by atoms with Crippen LogP contribution in [0.5, 0.6) is 5.75 Å². The van der Waals surface area contributed by atoms with Crippen molar-refractivity contribution in [2.24, 2.45) is 5.41 Å². The van der Waals surface area contributed by atoms with Crippen molar-refractivity contribution in [3.63, 3.8) is 0 Å². The van der Waals surface area contributed by atoms with Crippen LogP contribution in [-0.4, -0.2) is 24.6 Å². The van der Waals surface area contributed by atoms with Gasteiger partial charge in [0.25, 0.3) is 0 Å². The largest absolute Gasteiger partial charge is 0.497 e. The maximum Gasteiger partial charge on any atom is 0.145 e. The number of carbonyl (C=O) groups is 1. The number of hydrogen-bond acceptors (Lipinski definition) is 3. The maximum absolute atomic E-state index is 12.0. The van der Waals surface area contributed by atoms with Gasteiger partial charge in [-0.1, -0.05) is 30.7 Å². The van der Waals surface area contributed by atoms with Crippen LogP contribution < -0.4 is 4.74 Å². The predicted molar refractivity (Wildman–Crippen MR) is 75.0 cm³/mol. The summed E-state index contributed by atoms with van der Waals surface area (Å²) in [6.07, 6.45) is 7.05. The molecule has 0 unspecified atom stereocenters. The first-order valence-corrected chi connectivity index (χ1v) is 6.68. The summed E-state index contributed by atoms with van der Waals surface area (Å²) < 4.78 is 5.10. The molecule has 0 spiro atoms. The number of methoxy groups -OCH3 is 1. The molecule has 0 saturated heterocycles. The number of carbonyl (C=O) groups excluding carboxylic acids is 1. The molecule has 102 valence electrons. The summed E-state index contributed by atoms with van der Waals surface area (Å²) in [5, 5.41) is 9.58. The SMILES string of the molecule is COc1ccc(/C=C/[C@@]2(CO)CCCCC2=O)cc1. The first-order chi connectivity index (χ1) is 9.20. The fourth-order valence-corrected chi connectivity index (χ4v) is 2.48. The van der Waals surface area contributed by atoms with Crippen LogP contribution >= 0.6 is 0 Å². The van der Waals surface area contributed by atoms with E-state index in [1.165, 1.54) is 0 Å². The van der Waals surface area contributed by atoms with Crippen molar-refractivity contribution in [1.29, 1.82) is 0 Å². The number of aliphatic hydroxyl groups excluding tert-OH is 1. The normalized spacial score (nSPS) is 23.8. The first kappa shape index (κ1) is 13.8. The van der Waals surface area contributed by atoms with Gasteiger partial charge in [-0.3, -0.25) is 4.79 Å². The Hall–Kier alpha value is -1.61. The third kappa shape index (κ3) is 3.04. The lowest BCUT2D eigenvalue weighted by Gasteiger charge is -2.30. The highest BCUT2D eigenvalue weighted by molar-refractivity contribution is 5.88. The minimum atomic E-state index is -0.668. The number of ketones is 1. The zero-order valence-corrected chi connectivity index (χ0v) is 11.3. The molecule has 0 amide bonds. The van der Waals surface area contributed by atoms with E-state index < -0.39 is 5.41 Å². The standard InChI is InChI=1S/C16H20O3/c1-19-14-7-5-13(6-8-14)9-11-16(12-17)10-3-2-4-15(16)18/h5-9,11,17H,2-4,10,12H2,1H3/b11-9+/t16-/m1/s1. The number of hydrogen-bond donors (Lipinski definition) is 1. The van der Waals surface area contributed by atoms with E-state index in [0.29, 0.717) is 6.42 Å². The van der Waals surface area contributed by atoms with Crippen molar-refractivity contribution < 1.29 is 14.6 Å². The van der Waals surface area contributed by atoms with E-state index in [-0.39, 0.29) is 12.4 Å². The molecule has 1 fully saturated rings. The van der Waals surface area contributed by atoms with E-state index in [4.69, 9.17) is 4.74 Å². The van der Waals surface area contributed by atoms with Gasteiger partial charge in [0.1, 0.15) is 11.5 Å². The van der Waals surface area contributed by atoms with Gasteiger partial charge in [0.2, 0.25) is 0 Å². The summed E-state index contributed by atoms with van der Waals surface area (Å²) in [6.45, 7) is -0.0987. The second-order valence-electron chi connectivity index (χ2n) is 5.05. The summed E-state index contributed by atoms with van der Waals surface area (Å²) in [5.74, 6) is 0.966. The monoisotopic (exact) mass is 260 g/mol. The molecule has 1 aliphatic carbocycles. The molecule has 1 N–H and O–H groups in total. The lowest BCUT2D eigenvalue weighted by Crippen LogP contribution is -2.35. The second-order valence-corrected chi connectivity index (χ2v) is 5.05. The molecule has 3 nitrogen and oxygen atoms in total. The predicted octanol–water partition coefficient (Wildman–Crippen LogP) is 2.83. The molecule has 2 rings (SSSR count). The van der Waals surface area contributed by atoms with Gasteiger partial charge in [-0.2, -0.15) is 0 Å². The van der Waals surface area contributed by atoms with Gasteiger partial charge in [-0.15, -0.1) is 0 Å². The minimum absolute atomic E-state index is 0.0987. The molecule has 0 aliphatic heterocycles. The maximum atomic E-state index is 12.0. The van der Waals surface area contributed by atoms with Gasteiger partial charge >= 0.3 is 0 Å². The van der Waals surface area contributed by atoms with Crippen LogP contribution in [0.4, 0.5) is 0 Å². The highest BCUT2D eigenvalue weighted by Crippen LogP contribution is 2.34. The molecular formula is C16H20O3. The molecule has 0 bridgehead atoms. The number of rotatable bonds is 4. The van der Waals surface area contributed by atoms with Gasteiger partial charge in [-0.05, 0) is 30.5 Å². The fraction of sp³-hybridized carbons (Fsp3) is 0.438. The molecular weight excluding hydrogens is 240 g/mol. The van der Waals surface area contributed by atoms with E-state index in [1.807, 2.05) is 36.4 Å². The van der Waals surface area contributed by atoms with Crippen LogP contribution in [0.2, 0.25) is 0 Å². The topological polar surface area (TPSA) is 46.5 Å². The van der Waals surface area contributed by atoms with Crippen molar-refractivity contribution in [3.05, 3.63) is 35.9 Å². The van der Waals surface area contributed by atoms with Gasteiger partial charge in [0.05, 0.1) is 19.1 Å². The van der Waals surface area contributed by atoms with Gasteiger partial charge in [0, 0.05) is 6.42 Å². The van der Waals surface area contributed by atoms with Gasteiger partial charge in [0.15, 0.2) is 0 Å². The summed E-state index contributed by atoms with van der Waals surface area (Å²) in [4.78, 5) is 12.0. The Balaban J connectivity index is 2.16. The molecule has 0 aromatic heterocycles. The number of ether oxygens (including phenoxy) is 1. The van der Waals surface area contributed by atoms with Crippen molar-refractivity contribution >= 4 is 11.9 Å². The smallest absolute Gasteiger partial charge is 0.145 e. The fourth-order valence-electron chi connectivity index (χ4n) is 2.48. The van der Waals surface area contributed by atoms with E-state index in [0.717, 1.165) is 30.6 Å². The molecule has 3 heteroatoms. The van der Waals surface area contributed by atoms with Crippen molar-refractivity contribution in [2.45, 2.75) is 25.7 Å². The van der Waals surface area contributed by atoms with Gasteiger partial charge in [-0.25, -0.2) is 0 Å². The first-order valence-electron chi connectivity index (χ1n) is 6.68. The summed E-state index contributed by atoms with van der Waals surface area (Å²) in [7, 11) is 1.63. The number of aliphatic hydroxyl groups is 1. The summed E-state index contributed by atoms with van der Waals surface area (Å²) in [5.41, 5.74) is 0.338. The number of Topliss-reactive ketones (excluding diaryl/α,β-unsaturated/α-hetero) is 1. The molecule has 0 radical (unpaired) electrons. The Morgan fingerprint density at radius 1 is 1.32 bits per heavy atom. The Kier molecular flexibility index (Phi) is 4.38. The van der Waals surface area contributed by atoms with Crippen LogP contribution in [0.15, 0.2) is 30.3 Å². The van der Waals surface area contributed by atoms with Gasteiger partial charge < -0.3 is 9.84 Å². The molecule has 19 heavy (non-hydrogen) atoms. The molecule has 1 aromatic carbocycles.